The van der Waals surface area contributed by atoms with Crippen LogP contribution in [-0.4, -0.2) is 15.9 Å². The molecule has 0 saturated carbocycles. The molecule has 0 aliphatic rings. The van der Waals surface area contributed by atoms with Crippen molar-refractivity contribution >= 4 is 28.4 Å². The maximum Gasteiger partial charge on any atom is 0.220 e. The zero-order chi connectivity index (χ0) is 16.9. The third-order valence-corrected chi connectivity index (χ3v) is 3.94. The Labute approximate surface area is 143 Å². The normalized spacial score (nSPS) is 10.8. The second-order valence-electron chi connectivity index (χ2n) is 5.37. The van der Waals surface area contributed by atoms with Crippen molar-refractivity contribution < 1.29 is 9.18 Å². The molecule has 3 rings (SSSR count). The summed E-state index contributed by atoms with van der Waals surface area (Å²) in [6.07, 6.45) is 2.39. The number of pyridine rings is 2. The molecule has 24 heavy (non-hydrogen) atoms. The van der Waals surface area contributed by atoms with Crippen molar-refractivity contribution in [2.24, 2.45) is 0 Å². The fourth-order valence-electron chi connectivity index (χ4n) is 2.37. The Balaban J connectivity index is 1.62. The number of rotatable bonds is 5. The summed E-state index contributed by atoms with van der Waals surface area (Å²) in [5.74, 6) is -0.429. The van der Waals surface area contributed by atoms with Crippen LogP contribution < -0.4 is 5.32 Å². The van der Waals surface area contributed by atoms with Gasteiger partial charge in [0.05, 0.1) is 17.8 Å². The van der Waals surface area contributed by atoms with Gasteiger partial charge in [-0.25, -0.2) is 9.37 Å². The third kappa shape index (κ3) is 4.06. The smallest absolute Gasteiger partial charge is 0.220 e. The van der Waals surface area contributed by atoms with E-state index in [1.54, 1.807) is 18.3 Å². The Bertz CT molecular complexity index is 871. The third-order valence-electron chi connectivity index (χ3n) is 3.62. The number of aromatic nitrogens is 2. The molecule has 1 N–H and O–H groups in total. The molecule has 0 aliphatic carbocycles. The molecule has 1 aromatic carbocycles. The quantitative estimate of drug-likeness (QED) is 0.719. The zero-order valence-corrected chi connectivity index (χ0v) is 13.6. The van der Waals surface area contributed by atoms with Crippen LogP contribution in [0, 0.1) is 5.82 Å². The van der Waals surface area contributed by atoms with E-state index in [1.165, 1.54) is 12.1 Å². The van der Waals surface area contributed by atoms with Crippen molar-refractivity contribution in [2.75, 3.05) is 0 Å². The lowest BCUT2D eigenvalue weighted by Gasteiger charge is -2.07. The molecule has 122 valence electrons. The van der Waals surface area contributed by atoms with Crippen molar-refractivity contribution in [1.82, 2.24) is 15.3 Å². The summed E-state index contributed by atoms with van der Waals surface area (Å²) >= 11 is 6.15. The molecule has 1 amide bonds. The van der Waals surface area contributed by atoms with Crippen LogP contribution in [0.5, 0.6) is 0 Å². The van der Waals surface area contributed by atoms with Gasteiger partial charge in [-0.3, -0.25) is 9.78 Å². The lowest BCUT2D eigenvalue weighted by Crippen LogP contribution is -2.23. The Morgan fingerprint density at radius 1 is 1.21 bits per heavy atom. The molecule has 0 fully saturated rings. The first-order valence-corrected chi connectivity index (χ1v) is 7.91. The second kappa shape index (κ2) is 7.36. The minimum atomic E-state index is -0.328. The molecule has 0 radical (unpaired) electrons. The van der Waals surface area contributed by atoms with E-state index in [0.29, 0.717) is 29.0 Å². The van der Waals surface area contributed by atoms with Gasteiger partial charge < -0.3 is 5.32 Å². The highest BCUT2D eigenvalue weighted by atomic mass is 35.5. The van der Waals surface area contributed by atoms with Gasteiger partial charge >= 0.3 is 0 Å². The van der Waals surface area contributed by atoms with E-state index in [9.17, 15) is 9.18 Å². The first-order chi connectivity index (χ1) is 11.6. The van der Waals surface area contributed by atoms with E-state index >= 15 is 0 Å². The first kappa shape index (κ1) is 16.3. The van der Waals surface area contributed by atoms with E-state index in [4.69, 9.17) is 11.6 Å². The average Bonchev–Trinajstić information content (AvgIpc) is 2.59. The van der Waals surface area contributed by atoms with Crippen LogP contribution in [0.15, 0.2) is 48.7 Å². The highest BCUT2D eigenvalue weighted by Gasteiger charge is 2.09. The first-order valence-electron chi connectivity index (χ1n) is 7.53. The minimum Gasteiger partial charge on any atom is -0.350 e. The number of benzene rings is 1. The molecule has 3 aromatic rings. The summed E-state index contributed by atoms with van der Waals surface area (Å²) in [5.41, 5.74) is 2.15. The number of halogens is 2. The van der Waals surface area contributed by atoms with Crippen molar-refractivity contribution in [3.8, 4) is 0 Å². The van der Waals surface area contributed by atoms with Gasteiger partial charge in [0.1, 0.15) is 11.0 Å². The van der Waals surface area contributed by atoms with Crippen molar-refractivity contribution in [3.05, 3.63) is 70.9 Å². The summed E-state index contributed by atoms with van der Waals surface area (Å²) in [5, 5.41) is 3.82. The van der Waals surface area contributed by atoms with Crippen LogP contribution in [-0.2, 0) is 17.8 Å². The summed E-state index contributed by atoms with van der Waals surface area (Å²) in [6, 6.07) is 11.6. The fraction of sp³-hybridized carbons (Fsp3) is 0.167. The molecule has 0 unspecified atom stereocenters. The average molecular weight is 344 g/mol. The number of nitrogens with one attached hydrogen (secondary N) is 1. The molecule has 0 aliphatic heterocycles. The van der Waals surface area contributed by atoms with Crippen molar-refractivity contribution in [1.29, 1.82) is 0 Å². The molecular formula is C18H15ClFN3O. The highest BCUT2D eigenvalue weighted by molar-refractivity contribution is 6.30. The van der Waals surface area contributed by atoms with Crippen LogP contribution in [0.1, 0.15) is 17.7 Å². The van der Waals surface area contributed by atoms with E-state index in [-0.39, 0.29) is 18.1 Å². The maximum absolute atomic E-state index is 13.3. The van der Waals surface area contributed by atoms with Gasteiger partial charge in [-0.2, -0.15) is 0 Å². The number of carbonyl (C=O) groups excluding carboxylic acids is 1. The van der Waals surface area contributed by atoms with Gasteiger partial charge in [-0.15, -0.1) is 0 Å². The second-order valence-corrected chi connectivity index (χ2v) is 5.73. The monoisotopic (exact) mass is 343 g/mol. The van der Waals surface area contributed by atoms with Gasteiger partial charge in [0.25, 0.3) is 0 Å². The van der Waals surface area contributed by atoms with Crippen molar-refractivity contribution in [2.45, 2.75) is 19.4 Å². The number of hydrogen-bond acceptors (Lipinski definition) is 3. The fourth-order valence-corrected chi connectivity index (χ4v) is 2.61. The predicted molar refractivity (Wildman–Crippen MR) is 91.1 cm³/mol. The number of aryl methyl sites for hydroxylation is 1. The zero-order valence-electron chi connectivity index (χ0n) is 12.8. The summed E-state index contributed by atoms with van der Waals surface area (Å²) in [6.45, 7) is 0.384. The van der Waals surface area contributed by atoms with E-state index < -0.39 is 0 Å². The molecule has 2 heterocycles. The molecule has 2 aromatic heterocycles. The van der Waals surface area contributed by atoms with E-state index in [2.05, 4.69) is 15.3 Å². The predicted octanol–water partition coefficient (Wildman–Crippen LogP) is 3.67. The van der Waals surface area contributed by atoms with Gasteiger partial charge in [0, 0.05) is 18.0 Å². The minimum absolute atomic E-state index is 0.101. The molecule has 6 heteroatoms. The Morgan fingerprint density at radius 3 is 2.88 bits per heavy atom. The summed E-state index contributed by atoms with van der Waals surface area (Å²) in [4.78, 5) is 20.3. The topological polar surface area (TPSA) is 54.9 Å². The number of amides is 1. The number of fused-ring (bicyclic) bond motifs is 1. The molecule has 0 atom stereocenters. The lowest BCUT2D eigenvalue weighted by molar-refractivity contribution is -0.121. The number of carbonyl (C=O) groups is 1. The van der Waals surface area contributed by atoms with Gasteiger partial charge in [-0.05, 0) is 48.4 Å². The molecule has 0 bridgehead atoms. The molecule has 4 nitrogen and oxygen atoms in total. The van der Waals surface area contributed by atoms with E-state index in [0.717, 1.165) is 11.3 Å². The van der Waals surface area contributed by atoms with Crippen molar-refractivity contribution in [3.63, 3.8) is 0 Å². The Hall–Kier alpha value is -2.53. The number of hydrogen-bond donors (Lipinski definition) is 1. The highest BCUT2D eigenvalue weighted by Crippen LogP contribution is 2.22. The van der Waals surface area contributed by atoms with E-state index in [1.807, 2.05) is 18.2 Å². The largest absolute Gasteiger partial charge is 0.350 e. The maximum atomic E-state index is 13.3. The molecule has 0 saturated heterocycles. The van der Waals surface area contributed by atoms with Crippen LogP contribution in [0.25, 0.3) is 10.9 Å². The number of nitrogens with zero attached hydrogens (tertiary/aromatic N) is 2. The van der Waals surface area contributed by atoms with Gasteiger partial charge in [0.2, 0.25) is 5.91 Å². The summed E-state index contributed by atoms with van der Waals surface area (Å²) in [7, 11) is 0. The van der Waals surface area contributed by atoms with Crippen LogP contribution in [0.2, 0.25) is 5.15 Å². The Morgan fingerprint density at radius 2 is 2.08 bits per heavy atom. The van der Waals surface area contributed by atoms with Crippen LogP contribution >= 0.6 is 11.6 Å². The van der Waals surface area contributed by atoms with Gasteiger partial charge in [0.15, 0.2) is 0 Å². The molecule has 0 spiro atoms. The SMILES string of the molecule is O=C(CCc1cc2cc(F)ccc2nc1Cl)NCc1ccccn1. The van der Waals surface area contributed by atoms with Gasteiger partial charge in [-0.1, -0.05) is 17.7 Å². The Kier molecular flexibility index (Phi) is 5.01. The molecular weight excluding hydrogens is 329 g/mol. The lowest BCUT2D eigenvalue weighted by atomic mass is 10.1. The van der Waals surface area contributed by atoms with Crippen LogP contribution in [0.4, 0.5) is 4.39 Å². The summed E-state index contributed by atoms with van der Waals surface area (Å²) < 4.78 is 13.3. The van der Waals surface area contributed by atoms with Crippen LogP contribution in [0.3, 0.4) is 0 Å². The standard InChI is InChI=1S/C18H15ClFN3O/c19-18-12(9-13-10-14(20)5-6-16(13)23-18)4-7-17(24)22-11-15-3-1-2-8-21-15/h1-3,5-6,8-10H,4,7,11H2,(H,22,24).